The zero-order valence-corrected chi connectivity index (χ0v) is 9.02. The number of nitrogens with zero attached hydrogens (tertiary/aromatic N) is 1. The molecule has 3 heteroatoms. The van der Waals surface area contributed by atoms with Gasteiger partial charge in [0.25, 0.3) is 0 Å². The van der Waals surface area contributed by atoms with E-state index in [1.54, 1.807) is 0 Å². The number of rotatable bonds is 2. The van der Waals surface area contributed by atoms with Crippen LogP contribution >= 0.6 is 0 Å². The van der Waals surface area contributed by atoms with Crippen molar-refractivity contribution in [1.29, 1.82) is 0 Å². The smallest absolute Gasteiger partial charge is 0.0695 e. The molecule has 0 aliphatic heterocycles. The van der Waals surface area contributed by atoms with Crippen molar-refractivity contribution in [2.24, 2.45) is 5.73 Å². The summed E-state index contributed by atoms with van der Waals surface area (Å²) in [6.07, 6.45) is 6.71. The molecule has 2 saturated carbocycles. The van der Waals surface area contributed by atoms with Crippen molar-refractivity contribution in [1.82, 2.24) is 4.90 Å². The van der Waals surface area contributed by atoms with E-state index in [1.165, 1.54) is 12.8 Å². The van der Waals surface area contributed by atoms with Gasteiger partial charge >= 0.3 is 0 Å². The Bertz CT molecular complexity index is 192. The van der Waals surface area contributed by atoms with Crippen LogP contribution in [0.2, 0.25) is 0 Å². The van der Waals surface area contributed by atoms with Gasteiger partial charge in [-0.1, -0.05) is 12.8 Å². The van der Waals surface area contributed by atoms with E-state index in [-0.39, 0.29) is 6.10 Å². The molecular formula is C11H22N2O. The van der Waals surface area contributed by atoms with Crippen molar-refractivity contribution < 1.29 is 5.11 Å². The maximum atomic E-state index is 9.90. The molecule has 2 aliphatic carbocycles. The summed E-state index contributed by atoms with van der Waals surface area (Å²) in [5.74, 6) is 0. The molecule has 2 rings (SSSR count). The van der Waals surface area contributed by atoms with Crippen LogP contribution in [0.15, 0.2) is 0 Å². The van der Waals surface area contributed by atoms with Crippen molar-refractivity contribution >= 4 is 0 Å². The molecule has 2 atom stereocenters. The van der Waals surface area contributed by atoms with Crippen LogP contribution in [-0.2, 0) is 0 Å². The number of aliphatic hydroxyl groups excluding tert-OH is 1. The summed E-state index contributed by atoms with van der Waals surface area (Å²) in [5.41, 5.74) is 5.78. The SMILES string of the molecule is CN(C1CC(N)C1)C1CCCCC1O. The molecule has 0 amide bonds. The summed E-state index contributed by atoms with van der Waals surface area (Å²) in [6.45, 7) is 0. The van der Waals surface area contributed by atoms with Crippen LogP contribution in [0.1, 0.15) is 38.5 Å². The lowest BCUT2D eigenvalue weighted by molar-refractivity contribution is -0.00890. The highest BCUT2D eigenvalue weighted by molar-refractivity contribution is 4.93. The van der Waals surface area contributed by atoms with E-state index in [2.05, 4.69) is 11.9 Å². The summed E-state index contributed by atoms with van der Waals surface area (Å²) in [6, 6.07) is 1.42. The van der Waals surface area contributed by atoms with Gasteiger partial charge in [-0.25, -0.2) is 0 Å². The van der Waals surface area contributed by atoms with E-state index in [1.807, 2.05) is 0 Å². The minimum Gasteiger partial charge on any atom is -0.391 e. The van der Waals surface area contributed by atoms with Crippen LogP contribution in [0, 0.1) is 0 Å². The van der Waals surface area contributed by atoms with E-state index >= 15 is 0 Å². The fourth-order valence-corrected chi connectivity index (χ4v) is 2.80. The predicted molar refractivity (Wildman–Crippen MR) is 57.0 cm³/mol. The Hall–Kier alpha value is -0.120. The standard InChI is InChI=1S/C11H22N2O/c1-13(9-6-8(12)7-9)10-4-2-3-5-11(10)14/h8-11,14H,2-7,12H2,1H3. The molecule has 2 aliphatic rings. The lowest BCUT2D eigenvalue weighted by Crippen LogP contribution is -2.55. The molecule has 0 aromatic rings. The maximum Gasteiger partial charge on any atom is 0.0695 e. The molecule has 0 aromatic carbocycles. The summed E-state index contributed by atoms with van der Waals surface area (Å²) >= 11 is 0. The Morgan fingerprint density at radius 1 is 1.21 bits per heavy atom. The predicted octanol–water partition coefficient (Wildman–Crippen LogP) is 0.711. The molecule has 2 fully saturated rings. The highest BCUT2D eigenvalue weighted by Crippen LogP contribution is 2.30. The van der Waals surface area contributed by atoms with Crippen molar-refractivity contribution in [3.63, 3.8) is 0 Å². The monoisotopic (exact) mass is 198 g/mol. The van der Waals surface area contributed by atoms with Crippen molar-refractivity contribution in [2.45, 2.75) is 62.8 Å². The van der Waals surface area contributed by atoms with Crippen LogP contribution in [-0.4, -0.2) is 41.3 Å². The first kappa shape index (κ1) is 10.4. The summed E-state index contributed by atoms with van der Waals surface area (Å²) in [5, 5.41) is 9.90. The van der Waals surface area contributed by atoms with Crippen LogP contribution in [0.4, 0.5) is 0 Å². The third kappa shape index (κ3) is 1.95. The molecule has 0 aromatic heterocycles. The first-order valence-corrected chi connectivity index (χ1v) is 5.84. The van der Waals surface area contributed by atoms with Crippen molar-refractivity contribution in [3.8, 4) is 0 Å². The molecule has 14 heavy (non-hydrogen) atoms. The molecule has 2 unspecified atom stereocenters. The first-order valence-electron chi connectivity index (χ1n) is 5.84. The van der Waals surface area contributed by atoms with Gasteiger partial charge < -0.3 is 10.8 Å². The summed E-state index contributed by atoms with van der Waals surface area (Å²) < 4.78 is 0. The Kier molecular flexibility index (Phi) is 3.10. The topological polar surface area (TPSA) is 49.5 Å². The second-order valence-corrected chi connectivity index (χ2v) is 4.97. The fraction of sp³-hybridized carbons (Fsp3) is 1.00. The molecule has 0 spiro atoms. The Morgan fingerprint density at radius 2 is 1.86 bits per heavy atom. The van der Waals surface area contributed by atoms with Crippen molar-refractivity contribution in [2.75, 3.05) is 7.05 Å². The largest absolute Gasteiger partial charge is 0.391 e. The molecule has 0 radical (unpaired) electrons. The zero-order valence-electron chi connectivity index (χ0n) is 9.02. The first-order chi connectivity index (χ1) is 6.68. The number of likely N-dealkylation sites (N-methyl/N-ethyl adjacent to an activating group) is 1. The quantitative estimate of drug-likeness (QED) is 0.687. The summed E-state index contributed by atoms with van der Waals surface area (Å²) in [7, 11) is 2.15. The van der Waals surface area contributed by atoms with Gasteiger partial charge in [-0.2, -0.15) is 0 Å². The number of hydrogen-bond donors (Lipinski definition) is 2. The minimum atomic E-state index is -0.106. The van der Waals surface area contributed by atoms with E-state index in [0.717, 1.165) is 25.7 Å². The van der Waals surface area contributed by atoms with E-state index < -0.39 is 0 Å². The van der Waals surface area contributed by atoms with Gasteiger partial charge in [0.2, 0.25) is 0 Å². The van der Waals surface area contributed by atoms with Gasteiger partial charge in [0.15, 0.2) is 0 Å². The number of nitrogens with two attached hydrogens (primary N) is 1. The molecule has 82 valence electrons. The highest BCUT2D eigenvalue weighted by atomic mass is 16.3. The van der Waals surface area contributed by atoms with Gasteiger partial charge in [0, 0.05) is 18.1 Å². The van der Waals surface area contributed by atoms with Crippen LogP contribution in [0.5, 0.6) is 0 Å². The van der Waals surface area contributed by atoms with Gasteiger partial charge in [0.05, 0.1) is 6.10 Å². The lowest BCUT2D eigenvalue weighted by atomic mass is 9.83. The Balaban J connectivity index is 1.86. The molecular weight excluding hydrogens is 176 g/mol. The second-order valence-electron chi connectivity index (χ2n) is 4.97. The third-order valence-electron chi connectivity index (χ3n) is 3.94. The maximum absolute atomic E-state index is 9.90. The second kappa shape index (κ2) is 4.17. The van der Waals surface area contributed by atoms with Crippen molar-refractivity contribution in [3.05, 3.63) is 0 Å². The molecule has 3 N–H and O–H groups in total. The molecule has 0 heterocycles. The zero-order chi connectivity index (χ0) is 10.1. The third-order valence-corrected chi connectivity index (χ3v) is 3.94. The Morgan fingerprint density at radius 3 is 2.43 bits per heavy atom. The number of hydrogen-bond acceptors (Lipinski definition) is 3. The van der Waals surface area contributed by atoms with Crippen LogP contribution < -0.4 is 5.73 Å². The average Bonchev–Trinajstić information content (AvgIpc) is 2.13. The summed E-state index contributed by atoms with van der Waals surface area (Å²) in [4.78, 5) is 2.37. The van der Waals surface area contributed by atoms with Gasteiger partial charge in [-0.15, -0.1) is 0 Å². The van der Waals surface area contributed by atoms with Gasteiger partial charge in [-0.3, -0.25) is 4.90 Å². The fourth-order valence-electron chi connectivity index (χ4n) is 2.80. The van der Waals surface area contributed by atoms with E-state index in [4.69, 9.17) is 5.73 Å². The van der Waals surface area contributed by atoms with Crippen LogP contribution in [0.3, 0.4) is 0 Å². The average molecular weight is 198 g/mol. The normalized spacial score (nSPS) is 43.7. The van der Waals surface area contributed by atoms with Gasteiger partial charge in [0.1, 0.15) is 0 Å². The Labute approximate surface area is 86.3 Å². The molecule has 0 saturated heterocycles. The highest BCUT2D eigenvalue weighted by Gasteiger charge is 2.36. The molecule has 3 nitrogen and oxygen atoms in total. The van der Waals surface area contributed by atoms with E-state index in [0.29, 0.717) is 18.1 Å². The van der Waals surface area contributed by atoms with E-state index in [9.17, 15) is 5.11 Å². The lowest BCUT2D eigenvalue weighted by Gasteiger charge is -2.45. The number of aliphatic hydroxyl groups is 1. The minimum absolute atomic E-state index is 0.106. The van der Waals surface area contributed by atoms with Gasteiger partial charge in [-0.05, 0) is 32.7 Å². The van der Waals surface area contributed by atoms with Crippen LogP contribution in [0.25, 0.3) is 0 Å². The molecule has 0 bridgehead atoms.